The second-order valence-corrected chi connectivity index (χ2v) is 5.41. The largest absolute Gasteiger partial charge is 0.508 e. The van der Waals surface area contributed by atoms with Crippen molar-refractivity contribution >= 4 is 22.5 Å². The van der Waals surface area contributed by atoms with Crippen LogP contribution in [0.25, 0.3) is 10.9 Å². The molecular formula is C17H15ClN2O. The molecule has 21 heavy (non-hydrogen) atoms. The molecule has 0 radical (unpaired) electrons. The van der Waals surface area contributed by atoms with Gasteiger partial charge >= 0.3 is 0 Å². The van der Waals surface area contributed by atoms with E-state index in [-0.39, 0.29) is 5.75 Å². The van der Waals surface area contributed by atoms with E-state index < -0.39 is 0 Å². The molecule has 0 amide bonds. The zero-order valence-corrected chi connectivity index (χ0v) is 12.1. The number of nitrogens with zero attached hydrogens (tertiary/aromatic N) is 1. The Balaban J connectivity index is 2.02. The fourth-order valence-corrected chi connectivity index (χ4v) is 2.63. The van der Waals surface area contributed by atoms with Gasteiger partial charge in [-0.2, -0.15) is 0 Å². The molecule has 0 spiro atoms. The van der Waals surface area contributed by atoms with E-state index in [0.717, 1.165) is 28.5 Å². The maximum Gasteiger partial charge on any atom is 0.120 e. The van der Waals surface area contributed by atoms with Crippen LogP contribution in [0.15, 0.2) is 48.7 Å². The number of hydrogen-bond acceptors (Lipinski definition) is 3. The number of phenols is 1. The molecule has 0 saturated heterocycles. The minimum atomic E-state index is 0.243. The SMILES string of the molecule is NCc1cc(Cc2ccnc3cc(Cl)ccc23)ccc1O. The molecule has 0 bridgehead atoms. The highest BCUT2D eigenvalue weighted by Gasteiger charge is 2.06. The van der Waals surface area contributed by atoms with Crippen molar-refractivity contribution in [1.29, 1.82) is 0 Å². The Labute approximate surface area is 128 Å². The molecule has 0 aliphatic heterocycles. The molecule has 4 heteroatoms. The van der Waals surface area contributed by atoms with Crippen LogP contribution >= 0.6 is 11.6 Å². The number of halogens is 1. The molecule has 106 valence electrons. The van der Waals surface area contributed by atoms with Gasteiger partial charge in [-0.1, -0.05) is 29.8 Å². The first-order valence-electron chi connectivity index (χ1n) is 6.71. The first-order valence-corrected chi connectivity index (χ1v) is 7.09. The van der Waals surface area contributed by atoms with Gasteiger partial charge in [-0.05, 0) is 41.8 Å². The number of aromatic hydroxyl groups is 1. The predicted octanol–water partition coefficient (Wildman–Crippen LogP) is 3.64. The Kier molecular flexibility index (Phi) is 3.78. The highest BCUT2D eigenvalue weighted by atomic mass is 35.5. The van der Waals surface area contributed by atoms with Gasteiger partial charge in [-0.3, -0.25) is 4.98 Å². The Morgan fingerprint density at radius 1 is 1.05 bits per heavy atom. The van der Waals surface area contributed by atoms with Crippen LogP contribution in [-0.4, -0.2) is 10.1 Å². The van der Waals surface area contributed by atoms with Crippen LogP contribution in [0.1, 0.15) is 16.7 Å². The van der Waals surface area contributed by atoms with Crippen molar-refractivity contribution in [2.45, 2.75) is 13.0 Å². The maximum atomic E-state index is 9.70. The number of rotatable bonds is 3. The van der Waals surface area contributed by atoms with E-state index in [1.54, 1.807) is 12.3 Å². The van der Waals surface area contributed by atoms with Gasteiger partial charge in [0, 0.05) is 28.7 Å². The number of hydrogen-bond donors (Lipinski definition) is 2. The third-order valence-electron chi connectivity index (χ3n) is 3.55. The van der Waals surface area contributed by atoms with Crippen molar-refractivity contribution < 1.29 is 5.11 Å². The average Bonchev–Trinajstić information content (AvgIpc) is 2.49. The zero-order chi connectivity index (χ0) is 14.8. The molecule has 3 aromatic rings. The number of aromatic nitrogens is 1. The van der Waals surface area contributed by atoms with Crippen molar-refractivity contribution in [2.24, 2.45) is 5.73 Å². The standard InChI is InChI=1S/C17H15ClN2O/c18-14-2-3-15-12(5-6-20-16(15)9-14)7-11-1-4-17(21)13(8-11)10-19/h1-6,8-9,21H,7,10,19H2. The second kappa shape index (κ2) is 5.72. The summed E-state index contributed by atoms with van der Waals surface area (Å²) in [6, 6.07) is 13.3. The molecule has 1 aromatic heterocycles. The summed E-state index contributed by atoms with van der Waals surface area (Å²) in [5.74, 6) is 0.243. The minimum absolute atomic E-state index is 0.243. The molecule has 1 heterocycles. The number of fused-ring (bicyclic) bond motifs is 1. The summed E-state index contributed by atoms with van der Waals surface area (Å²) in [6.07, 6.45) is 2.55. The van der Waals surface area contributed by atoms with Crippen LogP contribution in [0.5, 0.6) is 5.75 Å². The van der Waals surface area contributed by atoms with E-state index in [1.165, 1.54) is 5.56 Å². The third-order valence-corrected chi connectivity index (χ3v) is 3.79. The lowest BCUT2D eigenvalue weighted by molar-refractivity contribution is 0.468. The lowest BCUT2D eigenvalue weighted by Gasteiger charge is -2.09. The molecule has 0 aliphatic carbocycles. The molecule has 2 aromatic carbocycles. The van der Waals surface area contributed by atoms with Crippen molar-refractivity contribution in [2.75, 3.05) is 0 Å². The molecule has 0 aliphatic rings. The highest BCUT2D eigenvalue weighted by Crippen LogP contribution is 2.24. The lowest BCUT2D eigenvalue weighted by atomic mass is 9.99. The van der Waals surface area contributed by atoms with Crippen LogP contribution in [0, 0.1) is 0 Å². The topological polar surface area (TPSA) is 59.1 Å². The van der Waals surface area contributed by atoms with Gasteiger partial charge in [-0.15, -0.1) is 0 Å². The van der Waals surface area contributed by atoms with E-state index in [1.807, 2.05) is 36.4 Å². The maximum absolute atomic E-state index is 9.70. The summed E-state index contributed by atoms with van der Waals surface area (Å²) in [5, 5.41) is 11.5. The van der Waals surface area contributed by atoms with Gasteiger partial charge in [-0.25, -0.2) is 0 Å². The molecule has 3 N–H and O–H groups in total. The smallest absolute Gasteiger partial charge is 0.120 e. The van der Waals surface area contributed by atoms with E-state index >= 15 is 0 Å². The molecule has 3 rings (SSSR count). The van der Waals surface area contributed by atoms with Crippen molar-refractivity contribution in [3.05, 3.63) is 70.4 Å². The molecule has 0 fully saturated rings. The summed E-state index contributed by atoms with van der Waals surface area (Å²) in [7, 11) is 0. The molecule has 0 unspecified atom stereocenters. The van der Waals surface area contributed by atoms with E-state index in [2.05, 4.69) is 4.98 Å². The summed E-state index contributed by atoms with van der Waals surface area (Å²) in [4.78, 5) is 4.35. The van der Waals surface area contributed by atoms with Gasteiger partial charge in [0.15, 0.2) is 0 Å². The number of phenolic OH excluding ortho intramolecular Hbond substituents is 1. The quantitative estimate of drug-likeness (QED) is 0.776. The van der Waals surface area contributed by atoms with Crippen molar-refractivity contribution in [3.63, 3.8) is 0 Å². The average molecular weight is 299 g/mol. The summed E-state index contributed by atoms with van der Waals surface area (Å²) >= 11 is 6.01. The zero-order valence-electron chi connectivity index (χ0n) is 11.4. The Morgan fingerprint density at radius 3 is 2.71 bits per heavy atom. The van der Waals surface area contributed by atoms with Crippen LogP contribution in [0.3, 0.4) is 0 Å². The molecule has 0 saturated carbocycles. The Morgan fingerprint density at radius 2 is 1.90 bits per heavy atom. The van der Waals surface area contributed by atoms with Crippen LogP contribution < -0.4 is 5.73 Å². The first-order chi connectivity index (χ1) is 10.2. The molecule has 0 atom stereocenters. The van der Waals surface area contributed by atoms with Crippen LogP contribution in [0.4, 0.5) is 0 Å². The van der Waals surface area contributed by atoms with Crippen molar-refractivity contribution in [3.8, 4) is 5.75 Å². The van der Waals surface area contributed by atoms with Gasteiger partial charge in [0.25, 0.3) is 0 Å². The fourth-order valence-electron chi connectivity index (χ4n) is 2.47. The van der Waals surface area contributed by atoms with Gasteiger partial charge in [0.05, 0.1) is 5.52 Å². The number of pyridine rings is 1. The fraction of sp³-hybridized carbons (Fsp3) is 0.118. The monoisotopic (exact) mass is 298 g/mol. The predicted molar refractivity (Wildman–Crippen MR) is 85.6 cm³/mol. The lowest BCUT2D eigenvalue weighted by Crippen LogP contribution is -1.99. The molecule has 3 nitrogen and oxygen atoms in total. The van der Waals surface area contributed by atoms with E-state index in [0.29, 0.717) is 11.6 Å². The van der Waals surface area contributed by atoms with E-state index in [9.17, 15) is 5.11 Å². The second-order valence-electron chi connectivity index (χ2n) is 4.98. The number of benzene rings is 2. The van der Waals surface area contributed by atoms with E-state index in [4.69, 9.17) is 17.3 Å². The number of nitrogens with two attached hydrogens (primary N) is 1. The first kappa shape index (κ1) is 13.9. The third kappa shape index (κ3) is 2.84. The normalized spacial score (nSPS) is 11.0. The van der Waals surface area contributed by atoms with Crippen LogP contribution in [-0.2, 0) is 13.0 Å². The van der Waals surface area contributed by atoms with Crippen molar-refractivity contribution in [1.82, 2.24) is 4.98 Å². The summed E-state index contributed by atoms with van der Waals surface area (Å²) < 4.78 is 0. The van der Waals surface area contributed by atoms with Gasteiger partial charge < -0.3 is 10.8 Å². The van der Waals surface area contributed by atoms with Gasteiger partial charge in [0.2, 0.25) is 0 Å². The summed E-state index contributed by atoms with van der Waals surface area (Å²) in [5.41, 5.74) is 9.56. The van der Waals surface area contributed by atoms with Gasteiger partial charge in [0.1, 0.15) is 5.75 Å². The Hall–Kier alpha value is -2.10. The highest BCUT2D eigenvalue weighted by molar-refractivity contribution is 6.31. The van der Waals surface area contributed by atoms with Crippen LogP contribution in [0.2, 0.25) is 5.02 Å². The Bertz CT molecular complexity index is 802. The summed E-state index contributed by atoms with van der Waals surface area (Å²) in [6.45, 7) is 0.326. The minimum Gasteiger partial charge on any atom is -0.508 e. The molecular weight excluding hydrogens is 284 g/mol.